The van der Waals surface area contributed by atoms with Gasteiger partial charge in [0.2, 0.25) is 0 Å². The van der Waals surface area contributed by atoms with Gasteiger partial charge in [0.05, 0.1) is 0 Å². The van der Waals surface area contributed by atoms with E-state index in [4.69, 9.17) is 9.47 Å². The summed E-state index contributed by atoms with van der Waals surface area (Å²) in [5, 5.41) is 3.54. The van der Waals surface area contributed by atoms with E-state index in [0.717, 1.165) is 39.2 Å². The molecule has 0 aromatic rings. The van der Waals surface area contributed by atoms with E-state index in [1.165, 1.54) is 0 Å². The van der Waals surface area contributed by atoms with Crippen LogP contribution in [0.3, 0.4) is 0 Å². The van der Waals surface area contributed by atoms with Crippen LogP contribution in [0.5, 0.6) is 0 Å². The van der Waals surface area contributed by atoms with Crippen molar-refractivity contribution < 1.29 is 9.47 Å². The molecule has 0 aliphatic rings. The number of methoxy groups -OCH3 is 1. The van der Waals surface area contributed by atoms with Crippen molar-refractivity contribution in [1.29, 1.82) is 0 Å². The highest BCUT2D eigenvalue weighted by Crippen LogP contribution is 2.28. The zero-order valence-corrected chi connectivity index (χ0v) is 13.2. The molecular weight excluding hydrogens is 226 g/mol. The van der Waals surface area contributed by atoms with Crippen molar-refractivity contribution in [3.63, 3.8) is 0 Å². The molecule has 18 heavy (non-hydrogen) atoms. The maximum Gasteiger partial charge on any atom is 0.0487 e. The first-order valence-corrected chi connectivity index (χ1v) is 7.18. The summed E-state index contributed by atoms with van der Waals surface area (Å²) in [6.45, 7) is 14.8. The second-order valence-electron chi connectivity index (χ2n) is 6.37. The smallest absolute Gasteiger partial charge is 0.0487 e. The van der Waals surface area contributed by atoms with E-state index in [9.17, 15) is 0 Å². The molecule has 0 amide bonds. The Kier molecular flexibility index (Phi) is 9.70. The lowest BCUT2D eigenvalue weighted by molar-refractivity contribution is 0.0785. The molecule has 3 heteroatoms. The Labute approximate surface area is 114 Å². The van der Waals surface area contributed by atoms with Gasteiger partial charge in [-0.05, 0) is 30.7 Å². The lowest BCUT2D eigenvalue weighted by Crippen LogP contribution is -2.35. The molecule has 0 saturated heterocycles. The zero-order chi connectivity index (χ0) is 14.0. The molecule has 0 saturated carbocycles. The topological polar surface area (TPSA) is 30.5 Å². The Balaban J connectivity index is 3.81. The predicted molar refractivity (Wildman–Crippen MR) is 78.0 cm³/mol. The minimum Gasteiger partial charge on any atom is -0.385 e. The molecule has 0 fully saturated rings. The fourth-order valence-corrected chi connectivity index (χ4v) is 1.85. The van der Waals surface area contributed by atoms with Crippen LogP contribution in [0.4, 0.5) is 0 Å². The predicted octanol–water partition coefficient (Wildman–Crippen LogP) is 3.09. The molecule has 0 rings (SSSR count). The molecule has 3 nitrogen and oxygen atoms in total. The van der Waals surface area contributed by atoms with Gasteiger partial charge in [0.1, 0.15) is 0 Å². The van der Waals surface area contributed by atoms with Gasteiger partial charge < -0.3 is 14.8 Å². The van der Waals surface area contributed by atoms with Crippen LogP contribution in [-0.4, -0.2) is 39.5 Å². The minimum atomic E-state index is 0.331. The SMILES string of the molecule is COCCCOCCC(CNC(C)C)C(C)(C)C. The molecule has 0 heterocycles. The van der Waals surface area contributed by atoms with Crippen molar-refractivity contribution in [3.8, 4) is 0 Å². The summed E-state index contributed by atoms with van der Waals surface area (Å²) in [6.07, 6.45) is 2.11. The molecule has 0 radical (unpaired) electrons. The van der Waals surface area contributed by atoms with Crippen molar-refractivity contribution in [1.82, 2.24) is 5.32 Å². The lowest BCUT2D eigenvalue weighted by Gasteiger charge is -2.31. The third-order valence-electron chi connectivity index (χ3n) is 3.25. The molecule has 0 aliphatic heterocycles. The van der Waals surface area contributed by atoms with E-state index in [0.29, 0.717) is 17.4 Å². The van der Waals surface area contributed by atoms with Crippen LogP contribution in [0.15, 0.2) is 0 Å². The number of hydrogen-bond donors (Lipinski definition) is 1. The monoisotopic (exact) mass is 259 g/mol. The van der Waals surface area contributed by atoms with Gasteiger partial charge in [-0.3, -0.25) is 0 Å². The fourth-order valence-electron chi connectivity index (χ4n) is 1.85. The summed E-state index contributed by atoms with van der Waals surface area (Å²) in [5.74, 6) is 0.655. The van der Waals surface area contributed by atoms with Gasteiger partial charge in [-0.2, -0.15) is 0 Å². The maximum atomic E-state index is 5.66. The second kappa shape index (κ2) is 9.76. The zero-order valence-electron chi connectivity index (χ0n) is 13.2. The highest BCUT2D eigenvalue weighted by molar-refractivity contribution is 4.76. The molecule has 0 spiro atoms. The van der Waals surface area contributed by atoms with Crippen molar-refractivity contribution in [2.45, 2.75) is 53.5 Å². The average Bonchev–Trinajstić information content (AvgIpc) is 2.25. The van der Waals surface area contributed by atoms with Crippen LogP contribution >= 0.6 is 0 Å². The van der Waals surface area contributed by atoms with E-state index in [1.807, 2.05) is 0 Å². The van der Waals surface area contributed by atoms with Crippen LogP contribution in [-0.2, 0) is 9.47 Å². The Bertz CT molecular complexity index is 187. The second-order valence-corrected chi connectivity index (χ2v) is 6.37. The van der Waals surface area contributed by atoms with Crippen LogP contribution in [0.1, 0.15) is 47.5 Å². The van der Waals surface area contributed by atoms with Crippen LogP contribution in [0.2, 0.25) is 0 Å². The van der Waals surface area contributed by atoms with E-state index < -0.39 is 0 Å². The van der Waals surface area contributed by atoms with Gasteiger partial charge in [0, 0.05) is 33.0 Å². The quantitative estimate of drug-likeness (QED) is 0.612. The molecule has 1 atom stereocenters. The highest BCUT2D eigenvalue weighted by Gasteiger charge is 2.24. The van der Waals surface area contributed by atoms with E-state index in [-0.39, 0.29) is 0 Å². The fraction of sp³-hybridized carbons (Fsp3) is 1.00. The minimum absolute atomic E-state index is 0.331. The Morgan fingerprint density at radius 1 is 1.06 bits per heavy atom. The average molecular weight is 259 g/mol. The van der Waals surface area contributed by atoms with Crippen LogP contribution < -0.4 is 5.32 Å². The van der Waals surface area contributed by atoms with Gasteiger partial charge in [0.15, 0.2) is 0 Å². The molecule has 1 N–H and O–H groups in total. The first kappa shape index (κ1) is 17.9. The summed E-state index contributed by atoms with van der Waals surface area (Å²) in [5.41, 5.74) is 0.331. The van der Waals surface area contributed by atoms with Crippen molar-refractivity contribution >= 4 is 0 Å². The maximum absolute atomic E-state index is 5.66. The molecule has 1 unspecified atom stereocenters. The third kappa shape index (κ3) is 9.86. The molecule has 110 valence electrons. The van der Waals surface area contributed by atoms with Crippen LogP contribution in [0.25, 0.3) is 0 Å². The van der Waals surface area contributed by atoms with Gasteiger partial charge in [-0.1, -0.05) is 34.6 Å². The molecule has 0 bridgehead atoms. The Hall–Kier alpha value is -0.120. The standard InChI is InChI=1S/C15H33NO2/c1-13(2)16-12-14(15(3,4)5)8-11-18-10-7-9-17-6/h13-14,16H,7-12H2,1-6H3. The molecule has 0 aromatic heterocycles. The third-order valence-corrected chi connectivity index (χ3v) is 3.25. The Morgan fingerprint density at radius 2 is 1.72 bits per heavy atom. The van der Waals surface area contributed by atoms with Gasteiger partial charge in [-0.25, -0.2) is 0 Å². The summed E-state index contributed by atoms with van der Waals surface area (Å²) in [7, 11) is 1.73. The summed E-state index contributed by atoms with van der Waals surface area (Å²) in [4.78, 5) is 0. The number of ether oxygens (including phenoxy) is 2. The van der Waals surface area contributed by atoms with Crippen LogP contribution in [0, 0.1) is 11.3 Å². The van der Waals surface area contributed by atoms with E-state index in [2.05, 4.69) is 39.9 Å². The van der Waals surface area contributed by atoms with Gasteiger partial charge >= 0.3 is 0 Å². The van der Waals surface area contributed by atoms with Crippen molar-refractivity contribution in [2.75, 3.05) is 33.5 Å². The normalized spacial score (nSPS) is 14.2. The number of nitrogens with one attached hydrogen (secondary N) is 1. The summed E-state index contributed by atoms with van der Waals surface area (Å²) >= 11 is 0. The van der Waals surface area contributed by atoms with Gasteiger partial charge in [-0.15, -0.1) is 0 Å². The summed E-state index contributed by atoms with van der Waals surface area (Å²) < 4.78 is 10.7. The molecule has 0 aliphatic carbocycles. The lowest BCUT2D eigenvalue weighted by atomic mass is 9.79. The first-order valence-electron chi connectivity index (χ1n) is 7.18. The highest BCUT2D eigenvalue weighted by atomic mass is 16.5. The molecular formula is C15H33NO2. The molecule has 0 aromatic carbocycles. The van der Waals surface area contributed by atoms with Crippen molar-refractivity contribution in [2.24, 2.45) is 11.3 Å². The number of rotatable bonds is 10. The number of hydrogen-bond acceptors (Lipinski definition) is 3. The van der Waals surface area contributed by atoms with Crippen molar-refractivity contribution in [3.05, 3.63) is 0 Å². The Morgan fingerprint density at radius 3 is 2.22 bits per heavy atom. The first-order chi connectivity index (χ1) is 8.38. The van der Waals surface area contributed by atoms with E-state index in [1.54, 1.807) is 7.11 Å². The van der Waals surface area contributed by atoms with Gasteiger partial charge in [0.25, 0.3) is 0 Å². The summed E-state index contributed by atoms with van der Waals surface area (Å²) in [6, 6.07) is 0.553. The van der Waals surface area contributed by atoms with E-state index >= 15 is 0 Å². The largest absolute Gasteiger partial charge is 0.385 e.